The topological polar surface area (TPSA) is 82.2 Å². The number of carbonyl (C=O) groups excluding carboxylic acids is 1. The van der Waals surface area contributed by atoms with E-state index in [1.807, 2.05) is 31.2 Å². The smallest absolute Gasteiger partial charge is 0.293 e. The summed E-state index contributed by atoms with van der Waals surface area (Å²) >= 11 is 12.0. The van der Waals surface area contributed by atoms with E-state index in [4.69, 9.17) is 32.4 Å². The number of benzene rings is 2. The Labute approximate surface area is 188 Å². The van der Waals surface area contributed by atoms with Crippen LogP contribution in [-0.2, 0) is 13.2 Å². The van der Waals surface area contributed by atoms with Crippen molar-refractivity contribution in [2.45, 2.75) is 20.1 Å². The van der Waals surface area contributed by atoms with E-state index in [1.165, 1.54) is 5.56 Å². The Morgan fingerprint density at radius 1 is 1.13 bits per heavy atom. The van der Waals surface area contributed by atoms with Gasteiger partial charge in [0.1, 0.15) is 24.4 Å². The van der Waals surface area contributed by atoms with Crippen molar-refractivity contribution in [1.29, 1.82) is 0 Å². The van der Waals surface area contributed by atoms with E-state index < -0.39 is 5.91 Å². The van der Waals surface area contributed by atoms with Crippen LogP contribution >= 0.6 is 23.2 Å². The second-order valence-corrected chi connectivity index (χ2v) is 7.68. The van der Waals surface area contributed by atoms with Crippen LogP contribution in [0.1, 0.15) is 27.4 Å². The van der Waals surface area contributed by atoms with Crippen LogP contribution in [0, 0.1) is 6.92 Å². The van der Waals surface area contributed by atoms with Crippen LogP contribution in [0.2, 0.25) is 10.0 Å². The molecule has 0 atom stereocenters. The average molecular weight is 457 g/mol. The number of hydrogen-bond acceptors (Lipinski definition) is 5. The highest BCUT2D eigenvalue weighted by Crippen LogP contribution is 2.28. The summed E-state index contributed by atoms with van der Waals surface area (Å²) in [5, 5.41) is 7.81. The van der Waals surface area contributed by atoms with Crippen LogP contribution in [0.25, 0.3) is 0 Å². The maximum atomic E-state index is 12.4. The van der Waals surface area contributed by atoms with E-state index in [9.17, 15) is 4.79 Å². The summed E-state index contributed by atoms with van der Waals surface area (Å²) < 4.78 is 12.8. The summed E-state index contributed by atoms with van der Waals surface area (Å²) in [7, 11) is 0. The van der Waals surface area contributed by atoms with Gasteiger partial charge in [-0.15, -0.1) is 5.10 Å². The average Bonchev–Trinajstić information content (AvgIpc) is 3.39. The van der Waals surface area contributed by atoms with Crippen LogP contribution in [0.5, 0.6) is 5.75 Å². The number of ether oxygens (including phenoxy) is 1. The summed E-state index contributed by atoms with van der Waals surface area (Å²) in [5.41, 5.74) is 2.28. The summed E-state index contributed by atoms with van der Waals surface area (Å²) in [6, 6.07) is 16.3. The fourth-order valence-electron chi connectivity index (χ4n) is 2.79. The first kappa shape index (κ1) is 21.0. The van der Waals surface area contributed by atoms with Gasteiger partial charge in [-0.05, 0) is 42.8 Å². The first-order valence-corrected chi connectivity index (χ1v) is 10.1. The molecule has 0 bridgehead atoms. The first-order chi connectivity index (χ1) is 15.0. The normalized spacial score (nSPS) is 10.8. The lowest BCUT2D eigenvalue weighted by molar-refractivity contribution is 0.0991. The molecule has 0 spiro atoms. The number of rotatable bonds is 7. The van der Waals surface area contributed by atoms with Crippen molar-refractivity contribution in [2.24, 2.45) is 0 Å². The molecule has 4 rings (SSSR count). The molecule has 1 N–H and O–H groups in total. The molecule has 0 radical (unpaired) electrons. The molecule has 158 valence electrons. The standard InChI is InChI=1S/C22H18Cl2N4O3/c1-14-2-4-15(5-3-14)11-28-13-25-22(27-28)26-21(29)20-9-7-17(31-20)12-30-19-8-6-16(23)10-18(19)24/h2-10,13H,11-12H2,1H3,(H,26,27,29). The number of furan rings is 1. The van der Waals surface area contributed by atoms with Gasteiger partial charge in [0.05, 0.1) is 11.6 Å². The second kappa shape index (κ2) is 9.24. The first-order valence-electron chi connectivity index (χ1n) is 9.39. The van der Waals surface area contributed by atoms with Crippen LogP contribution in [-0.4, -0.2) is 20.7 Å². The molecule has 0 aliphatic heterocycles. The minimum Gasteiger partial charge on any atom is -0.484 e. The third-order valence-corrected chi connectivity index (χ3v) is 4.91. The molecule has 2 heterocycles. The highest BCUT2D eigenvalue weighted by atomic mass is 35.5. The van der Waals surface area contributed by atoms with Gasteiger partial charge in [0, 0.05) is 5.02 Å². The third-order valence-electron chi connectivity index (χ3n) is 4.38. The molecule has 7 nitrogen and oxygen atoms in total. The molecule has 0 saturated carbocycles. The molecular weight excluding hydrogens is 439 g/mol. The largest absolute Gasteiger partial charge is 0.484 e. The number of nitrogens with zero attached hydrogens (tertiary/aromatic N) is 3. The van der Waals surface area contributed by atoms with Crippen LogP contribution in [0.4, 0.5) is 5.95 Å². The quantitative estimate of drug-likeness (QED) is 0.404. The molecular formula is C22H18Cl2N4O3. The van der Waals surface area contributed by atoms with Gasteiger partial charge in [0.25, 0.3) is 5.91 Å². The van der Waals surface area contributed by atoms with Gasteiger partial charge < -0.3 is 9.15 Å². The summed E-state index contributed by atoms with van der Waals surface area (Å²) in [6.07, 6.45) is 1.56. The lowest BCUT2D eigenvalue weighted by atomic mass is 10.1. The van der Waals surface area contributed by atoms with Crippen LogP contribution in [0.15, 0.2) is 65.3 Å². The molecule has 2 aromatic heterocycles. The number of aryl methyl sites for hydroxylation is 1. The van der Waals surface area contributed by atoms with Crippen molar-refractivity contribution < 1.29 is 13.9 Å². The Balaban J connectivity index is 1.33. The van der Waals surface area contributed by atoms with Crippen molar-refractivity contribution in [2.75, 3.05) is 5.32 Å². The predicted octanol–water partition coefficient (Wildman–Crippen LogP) is 5.37. The van der Waals surface area contributed by atoms with E-state index in [2.05, 4.69) is 15.4 Å². The Kier molecular flexibility index (Phi) is 6.25. The Hall–Kier alpha value is -3.29. The van der Waals surface area contributed by atoms with E-state index >= 15 is 0 Å². The molecule has 9 heteroatoms. The number of aromatic nitrogens is 3. The summed E-state index contributed by atoms with van der Waals surface area (Å²) in [5.74, 6) is 0.796. The number of hydrogen-bond donors (Lipinski definition) is 1. The van der Waals surface area contributed by atoms with Gasteiger partial charge in [-0.25, -0.2) is 9.67 Å². The minimum absolute atomic E-state index is 0.109. The molecule has 0 fully saturated rings. The van der Waals surface area contributed by atoms with E-state index in [1.54, 1.807) is 41.3 Å². The van der Waals surface area contributed by atoms with Crippen molar-refractivity contribution in [1.82, 2.24) is 14.8 Å². The molecule has 2 aromatic carbocycles. The maximum absolute atomic E-state index is 12.4. The number of halogens is 2. The van der Waals surface area contributed by atoms with Gasteiger partial charge in [-0.2, -0.15) is 0 Å². The van der Waals surface area contributed by atoms with Crippen molar-refractivity contribution in [3.05, 3.63) is 93.6 Å². The maximum Gasteiger partial charge on any atom is 0.293 e. The zero-order valence-electron chi connectivity index (χ0n) is 16.5. The summed E-state index contributed by atoms with van der Waals surface area (Å²) in [4.78, 5) is 16.6. The molecule has 31 heavy (non-hydrogen) atoms. The van der Waals surface area contributed by atoms with Crippen LogP contribution in [0.3, 0.4) is 0 Å². The van der Waals surface area contributed by atoms with E-state index in [-0.39, 0.29) is 18.3 Å². The number of amides is 1. The zero-order chi connectivity index (χ0) is 21.8. The van der Waals surface area contributed by atoms with Gasteiger partial charge >= 0.3 is 0 Å². The fraction of sp³-hybridized carbons (Fsp3) is 0.136. The van der Waals surface area contributed by atoms with Crippen molar-refractivity contribution >= 4 is 35.1 Å². The Morgan fingerprint density at radius 2 is 1.94 bits per heavy atom. The monoisotopic (exact) mass is 456 g/mol. The number of nitrogens with one attached hydrogen (secondary N) is 1. The highest BCUT2D eigenvalue weighted by Gasteiger charge is 2.14. The van der Waals surface area contributed by atoms with Gasteiger partial charge in [0.2, 0.25) is 5.95 Å². The molecule has 0 aliphatic carbocycles. The van der Waals surface area contributed by atoms with Gasteiger partial charge in [0.15, 0.2) is 5.76 Å². The lowest BCUT2D eigenvalue weighted by Gasteiger charge is -2.06. The van der Waals surface area contributed by atoms with Crippen molar-refractivity contribution in [3.8, 4) is 5.75 Å². The number of anilines is 1. The summed E-state index contributed by atoms with van der Waals surface area (Å²) in [6.45, 7) is 2.70. The Bertz CT molecular complexity index is 1200. The lowest BCUT2D eigenvalue weighted by Crippen LogP contribution is -2.12. The molecule has 0 aliphatic rings. The minimum atomic E-state index is -0.455. The molecule has 0 unspecified atom stereocenters. The predicted molar refractivity (Wildman–Crippen MR) is 118 cm³/mol. The fourth-order valence-corrected chi connectivity index (χ4v) is 3.25. The number of carbonyl (C=O) groups is 1. The van der Waals surface area contributed by atoms with E-state index in [0.717, 1.165) is 5.56 Å². The molecule has 4 aromatic rings. The second-order valence-electron chi connectivity index (χ2n) is 6.83. The third kappa shape index (κ3) is 5.45. The Morgan fingerprint density at radius 3 is 2.71 bits per heavy atom. The highest BCUT2D eigenvalue weighted by molar-refractivity contribution is 6.35. The van der Waals surface area contributed by atoms with Crippen LogP contribution < -0.4 is 10.1 Å². The van der Waals surface area contributed by atoms with Gasteiger partial charge in [-0.1, -0.05) is 53.0 Å². The molecule has 0 saturated heterocycles. The van der Waals surface area contributed by atoms with Gasteiger partial charge in [-0.3, -0.25) is 10.1 Å². The van der Waals surface area contributed by atoms with E-state index in [0.29, 0.717) is 28.1 Å². The molecule has 1 amide bonds. The SMILES string of the molecule is Cc1ccc(Cn2cnc(NC(=O)c3ccc(COc4ccc(Cl)cc4Cl)o3)n2)cc1. The zero-order valence-corrected chi connectivity index (χ0v) is 18.0. The van der Waals surface area contributed by atoms with Crippen molar-refractivity contribution in [3.63, 3.8) is 0 Å².